The van der Waals surface area contributed by atoms with Crippen LogP contribution < -0.4 is 10.4 Å². The van der Waals surface area contributed by atoms with Gasteiger partial charge in [-0.25, -0.2) is 4.98 Å². The molecule has 2 aliphatic rings. The van der Waals surface area contributed by atoms with Crippen molar-refractivity contribution in [2.75, 3.05) is 18.0 Å². The highest BCUT2D eigenvalue weighted by Crippen LogP contribution is 2.36. The fourth-order valence-corrected chi connectivity index (χ4v) is 2.37. The SMILES string of the molecule is CC1(C)OB(c2ccc(N3CC=CC3)nc2)OC1(C)C. The van der Waals surface area contributed by atoms with Gasteiger partial charge in [-0.05, 0) is 33.8 Å². The Morgan fingerprint density at radius 3 is 2.15 bits per heavy atom. The van der Waals surface area contributed by atoms with Gasteiger partial charge < -0.3 is 14.2 Å². The Kier molecular flexibility index (Phi) is 3.14. The van der Waals surface area contributed by atoms with Crippen molar-refractivity contribution in [2.45, 2.75) is 38.9 Å². The summed E-state index contributed by atoms with van der Waals surface area (Å²) in [7, 11) is -0.335. The summed E-state index contributed by atoms with van der Waals surface area (Å²) in [6.07, 6.45) is 6.17. The number of hydrogen-bond donors (Lipinski definition) is 0. The second kappa shape index (κ2) is 4.60. The van der Waals surface area contributed by atoms with Gasteiger partial charge in [-0.15, -0.1) is 0 Å². The largest absolute Gasteiger partial charge is 0.496 e. The molecule has 0 saturated carbocycles. The molecule has 0 spiro atoms. The third-order valence-electron chi connectivity index (χ3n) is 4.44. The van der Waals surface area contributed by atoms with Gasteiger partial charge in [0.1, 0.15) is 5.82 Å². The average Bonchev–Trinajstić information content (AvgIpc) is 2.97. The van der Waals surface area contributed by atoms with Crippen molar-refractivity contribution in [3.05, 3.63) is 30.5 Å². The van der Waals surface area contributed by atoms with Crippen LogP contribution >= 0.6 is 0 Å². The van der Waals surface area contributed by atoms with Gasteiger partial charge in [-0.1, -0.05) is 18.2 Å². The molecular weight excluding hydrogens is 251 g/mol. The lowest BCUT2D eigenvalue weighted by molar-refractivity contribution is 0.00578. The van der Waals surface area contributed by atoms with E-state index in [0.717, 1.165) is 24.4 Å². The number of hydrogen-bond acceptors (Lipinski definition) is 4. The molecule has 0 radical (unpaired) electrons. The van der Waals surface area contributed by atoms with Gasteiger partial charge >= 0.3 is 7.12 Å². The Morgan fingerprint density at radius 2 is 1.65 bits per heavy atom. The highest BCUT2D eigenvalue weighted by molar-refractivity contribution is 6.62. The molecule has 20 heavy (non-hydrogen) atoms. The van der Waals surface area contributed by atoms with E-state index in [0.29, 0.717) is 0 Å². The Morgan fingerprint density at radius 1 is 1.05 bits per heavy atom. The first-order valence-electron chi connectivity index (χ1n) is 7.11. The maximum Gasteiger partial charge on any atom is 0.496 e. The maximum absolute atomic E-state index is 6.03. The van der Waals surface area contributed by atoms with Crippen molar-refractivity contribution < 1.29 is 9.31 Å². The van der Waals surface area contributed by atoms with Crippen LogP contribution in [-0.2, 0) is 9.31 Å². The minimum atomic E-state index is -0.335. The summed E-state index contributed by atoms with van der Waals surface area (Å²) < 4.78 is 12.1. The molecule has 3 rings (SSSR count). The Balaban J connectivity index is 1.76. The predicted molar refractivity (Wildman–Crippen MR) is 81.3 cm³/mol. The molecule has 0 unspecified atom stereocenters. The number of rotatable bonds is 2. The highest BCUT2D eigenvalue weighted by Gasteiger charge is 2.51. The molecule has 0 N–H and O–H groups in total. The molecule has 4 nitrogen and oxygen atoms in total. The van der Waals surface area contributed by atoms with E-state index in [1.165, 1.54) is 0 Å². The third kappa shape index (κ3) is 2.25. The van der Waals surface area contributed by atoms with Crippen LogP contribution in [0.2, 0.25) is 0 Å². The van der Waals surface area contributed by atoms with Crippen molar-refractivity contribution >= 4 is 18.4 Å². The first kappa shape index (κ1) is 13.6. The lowest BCUT2D eigenvalue weighted by atomic mass is 9.80. The van der Waals surface area contributed by atoms with Crippen LogP contribution in [-0.4, -0.2) is 36.4 Å². The van der Waals surface area contributed by atoms with Gasteiger partial charge in [0.15, 0.2) is 0 Å². The van der Waals surface area contributed by atoms with Gasteiger partial charge in [0, 0.05) is 24.7 Å². The van der Waals surface area contributed by atoms with E-state index in [4.69, 9.17) is 9.31 Å². The first-order valence-corrected chi connectivity index (χ1v) is 7.11. The van der Waals surface area contributed by atoms with Crippen LogP contribution in [0.4, 0.5) is 5.82 Å². The summed E-state index contributed by atoms with van der Waals surface area (Å²) in [5.41, 5.74) is 0.351. The fourth-order valence-electron chi connectivity index (χ4n) is 2.37. The van der Waals surface area contributed by atoms with E-state index >= 15 is 0 Å². The molecule has 2 aliphatic heterocycles. The zero-order valence-corrected chi connectivity index (χ0v) is 12.6. The van der Waals surface area contributed by atoms with Gasteiger partial charge in [0.2, 0.25) is 0 Å². The number of anilines is 1. The minimum Gasteiger partial charge on any atom is -0.399 e. The fraction of sp³-hybridized carbons (Fsp3) is 0.533. The van der Waals surface area contributed by atoms with Gasteiger partial charge in [0.25, 0.3) is 0 Å². The highest BCUT2D eigenvalue weighted by atomic mass is 16.7. The van der Waals surface area contributed by atoms with Crippen LogP contribution in [0.3, 0.4) is 0 Å². The van der Waals surface area contributed by atoms with Crippen LogP contribution in [0.15, 0.2) is 30.5 Å². The summed E-state index contributed by atoms with van der Waals surface area (Å²) in [4.78, 5) is 6.74. The van der Waals surface area contributed by atoms with E-state index in [9.17, 15) is 0 Å². The molecule has 1 aromatic heterocycles. The quantitative estimate of drug-likeness (QED) is 0.607. The Hall–Kier alpha value is -1.33. The summed E-state index contributed by atoms with van der Waals surface area (Å²) in [6.45, 7) is 10.1. The summed E-state index contributed by atoms with van der Waals surface area (Å²) >= 11 is 0. The van der Waals surface area contributed by atoms with Gasteiger partial charge in [0.05, 0.1) is 11.2 Å². The predicted octanol–water partition coefficient (Wildman–Crippen LogP) is 1.76. The molecule has 0 bridgehead atoms. The zero-order chi connectivity index (χ0) is 14.4. The molecule has 0 aromatic carbocycles. The van der Waals surface area contributed by atoms with Crippen LogP contribution in [0.1, 0.15) is 27.7 Å². The van der Waals surface area contributed by atoms with Crippen molar-refractivity contribution in [3.8, 4) is 0 Å². The van der Waals surface area contributed by atoms with Gasteiger partial charge in [-0.2, -0.15) is 0 Å². The molecule has 1 saturated heterocycles. The molecule has 1 aromatic rings. The third-order valence-corrected chi connectivity index (χ3v) is 4.44. The number of aromatic nitrogens is 1. The molecule has 0 atom stereocenters. The maximum atomic E-state index is 6.03. The average molecular weight is 272 g/mol. The lowest BCUT2D eigenvalue weighted by Crippen LogP contribution is -2.41. The molecule has 0 amide bonds. The summed E-state index contributed by atoms with van der Waals surface area (Å²) in [5, 5.41) is 0. The Bertz CT molecular complexity index is 501. The topological polar surface area (TPSA) is 34.6 Å². The van der Waals surface area contributed by atoms with Gasteiger partial charge in [-0.3, -0.25) is 0 Å². The van der Waals surface area contributed by atoms with E-state index in [2.05, 4.69) is 49.7 Å². The zero-order valence-electron chi connectivity index (χ0n) is 12.6. The van der Waals surface area contributed by atoms with E-state index in [1.54, 1.807) is 0 Å². The molecular formula is C15H21BN2O2. The molecule has 0 aliphatic carbocycles. The molecule has 5 heteroatoms. The lowest BCUT2D eigenvalue weighted by Gasteiger charge is -2.32. The van der Waals surface area contributed by atoms with Crippen molar-refractivity contribution in [2.24, 2.45) is 0 Å². The molecule has 3 heterocycles. The molecule has 106 valence electrons. The monoisotopic (exact) mass is 272 g/mol. The standard InChI is InChI=1S/C15H21BN2O2/c1-14(2)15(3,4)20-16(19-14)12-7-8-13(17-11-12)18-9-5-6-10-18/h5-8,11H,9-10H2,1-4H3. The summed E-state index contributed by atoms with van der Waals surface area (Å²) in [5.74, 6) is 0.996. The summed E-state index contributed by atoms with van der Waals surface area (Å²) in [6, 6.07) is 4.08. The van der Waals surface area contributed by atoms with Crippen molar-refractivity contribution in [3.63, 3.8) is 0 Å². The second-order valence-corrected chi connectivity index (χ2v) is 6.41. The van der Waals surface area contributed by atoms with Crippen LogP contribution in [0, 0.1) is 0 Å². The van der Waals surface area contributed by atoms with Crippen molar-refractivity contribution in [1.82, 2.24) is 4.98 Å². The van der Waals surface area contributed by atoms with E-state index < -0.39 is 0 Å². The number of pyridine rings is 1. The molecule has 1 fully saturated rings. The number of nitrogens with zero attached hydrogens (tertiary/aromatic N) is 2. The smallest absolute Gasteiger partial charge is 0.399 e. The van der Waals surface area contributed by atoms with Crippen LogP contribution in [0.5, 0.6) is 0 Å². The van der Waals surface area contributed by atoms with E-state index in [1.807, 2.05) is 18.3 Å². The van der Waals surface area contributed by atoms with E-state index in [-0.39, 0.29) is 18.3 Å². The normalized spacial score (nSPS) is 23.6. The van der Waals surface area contributed by atoms with Crippen LogP contribution in [0.25, 0.3) is 0 Å². The minimum absolute atomic E-state index is 0.310. The van der Waals surface area contributed by atoms with Crippen molar-refractivity contribution in [1.29, 1.82) is 0 Å². The second-order valence-electron chi connectivity index (χ2n) is 6.41. The first-order chi connectivity index (χ1) is 9.39. The Labute approximate surface area is 120 Å².